The van der Waals surface area contributed by atoms with Crippen LogP contribution in [0.1, 0.15) is 5.56 Å². The van der Waals surface area contributed by atoms with Crippen LogP contribution in [0.25, 0.3) is 6.08 Å². The Balaban J connectivity index is 2.50. The largest absolute Gasteiger partial charge is 0.487 e. The van der Waals surface area contributed by atoms with Crippen LogP contribution < -0.4 is 4.74 Å². The van der Waals surface area contributed by atoms with Gasteiger partial charge in [0.25, 0.3) is 0 Å². The van der Waals surface area contributed by atoms with Crippen LogP contribution in [-0.2, 0) is 0 Å². The van der Waals surface area contributed by atoms with Crippen LogP contribution in [0.4, 0.5) is 0 Å². The second kappa shape index (κ2) is 3.23. The maximum absolute atomic E-state index is 8.66. The third kappa shape index (κ3) is 1.58. The summed E-state index contributed by atoms with van der Waals surface area (Å²) in [5.74, 6) is 0.827. The number of nitriles is 1. The summed E-state index contributed by atoms with van der Waals surface area (Å²) in [5.41, 5.74) is 1.63. The Labute approximate surface area is 84.6 Å². The van der Waals surface area contributed by atoms with E-state index in [1.165, 1.54) is 0 Å². The summed E-state index contributed by atoms with van der Waals surface area (Å²) < 4.78 is 6.37. The zero-order chi connectivity index (χ0) is 9.26. The molecule has 0 saturated carbocycles. The molecule has 0 aromatic heterocycles. The first-order valence-electron chi connectivity index (χ1n) is 3.82. The highest BCUT2D eigenvalue weighted by molar-refractivity contribution is 9.10. The molecule has 0 aliphatic carbocycles. The Morgan fingerprint density at radius 1 is 1.46 bits per heavy atom. The lowest BCUT2D eigenvalue weighted by molar-refractivity contribution is 0.351. The van der Waals surface area contributed by atoms with Gasteiger partial charge in [-0.25, -0.2) is 0 Å². The van der Waals surface area contributed by atoms with Crippen molar-refractivity contribution in [3.8, 4) is 11.8 Å². The van der Waals surface area contributed by atoms with Gasteiger partial charge in [-0.1, -0.05) is 22.0 Å². The van der Waals surface area contributed by atoms with Crippen LogP contribution >= 0.6 is 15.9 Å². The van der Waals surface area contributed by atoms with Crippen molar-refractivity contribution < 1.29 is 4.74 Å². The lowest BCUT2D eigenvalue weighted by Crippen LogP contribution is -2.05. The Morgan fingerprint density at radius 2 is 2.31 bits per heavy atom. The molecule has 0 radical (unpaired) electrons. The fourth-order valence-corrected chi connectivity index (χ4v) is 1.54. The predicted octanol–water partition coefficient (Wildman–Crippen LogP) is 2.75. The van der Waals surface area contributed by atoms with Gasteiger partial charge in [-0.15, -0.1) is 0 Å². The fraction of sp³-hybridized carbons (Fsp3) is 0.100. The number of fused-ring (bicyclic) bond motifs is 1. The molecule has 0 saturated heterocycles. The molecule has 1 aliphatic heterocycles. The van der Waals surface area contributed by atoms with Gasteiger partial charge in [0, 0.05) is 10.0 Å². The van der Waals surface area contributed by atoms with Crippen LogP contribution in [0.3, 0.4) is 0 Å². The van der Waals surface area contributed by atoms with Crippen LogP contribution in [0.15, 0.2) is 28.2 Å². The number of halogens is 1. The molecule has 0 spiro atoms. The number of hydrogen-bond donors (Lipinski definition) is 0. The van der Waals surface area contributed by atoms with Gasteiger partial charge < -0.3 is 4.74 Å². The van der Waals surface area contributed by atoms with Crippen LogP contribution in [0, 0.1) is 11.3 Å². The molecular weight excluding hydrogens is 230 g/mol. The zero-order valence-corrected chi connectivity index (χ0v) is 8.34. The molecule has 1 aromatic rings. The molecule has 1 aromatic carbocycles. The van der Waals surface area contributed by atoms with E-state index in [0.29, 0.717) is 12.2 Å². The average Bonchev–Trinajstić information content (AvgIpc) is 2.17. The smallest absolute Gasteiger partial charge is 0.128 e. The second-order valence-electron chi connectivity index (χ2n) is 2.75. The van der Waals surface area contributed by atoms with Gasteiger partial charge in [0.05, 0.1) is 11.6 Å². The number of ether oxygens (including phenoxy) is 1. The minimum absolute atomic E-state index is 0.375. The molecular formula is C10H6BrNO. The third-order valence-corrected chi connectivity index (χ3v) is 2.33. The Kier molecular flexibility index (Phi) is 2.07. The van der Waals surface area contributed by atoms with E-state index in [0.717, 1.165) is 15.8 Å². The molecule has 3 heteroatoms. The van der Waals surface area contributed by atoms with E-state index >= 15 is 0 Å². The molecule has 0 atom stereocenters. The van der Waals surface area contributed by atoms with E-state index < -0.39 is 0 Å². The van der Waals surface area contributed by atoms with Crippen molar-refractivity contribution in [2.75, 3.05) is 6.61 Å². The lowest BCUT2D eigenvalue weighted by Gasteiger charge is -2.14. The van der Waals surface area contributed by atoms with Crippen molar-refractivity contribution in [3.05, 3.63) is 33.8 Å². The van der Waals surface area contributed by atoms with Gasteiger partial charge in [-0.05, 0) is 18.2 Å². The average molecular weight is 236 g/mol. The normalized spacial score (nSPS) is 13.7. The van der Waals surface area contributed by atoms with Gasteiger partial charge in [0.15, 0.2) is 0 Å². The van der Waals surface area contributed by atoms with Crippen LogP contribution in [0.5, 0.6) is 5.75 Å². The van der Waals surface area contributed by atoms with Crippen molar-refractivity contribution in [3.63, 3.8) is 0 Å². The van der Waals surface area contributed by atoms with Gasteiger partial charge in [-0.3, -0.25) is 0 Å². The number of benzene rings is 1. The SMILES string of the molecule is N#CC1=Cc2ccc(Br)cc2OC1. The topological polar surface area (TPSA) is 33.0 Å². The first-order valence-corrected chi connectivity index (χ1v) is 4.62. The highest BCUT2D eigenvalue weighted by Crippen LogP contribution is 2.28. The van der Waals surface area contributed by atoms with Gasteiger partial charge >= 0.3 is 0 Å². The molecule has 0 amide bonds. The minimum Gasteiger partial charge on any atom is -0.487 e. The Morgan fingerprint density at radius 3 is 3.08 bits per heavy atom. The molecule has 2 rings (SSSR count). The highest BCUT2D eigenvalue weighted by Gasteiger charge is 2.10. The summed E-state index contributed by atoms with van der Waals surface area (Å²) in [6.07, 6.45) is 1.85. The standard InChI is InChI=1S/C10H6BrNO/c11-9-2-1-8-3-7(5-12)6-13-10(8)4-9/h1-4H,6H2. The van der Waals surface area contributed by atoms with E-state index in [9.17, 15) is 0 Å². The molecule has 0 N–H and O–H groups in total. The summed E-state index contributed by atoms with van der Waals surface area (Å²) in [5, 5.41) is 8.66. The first kappa shape index (κ1) is 8.33. The van der Waals surface area contributed by atoms with Crippen molar-refractivity contribution in [1.82, 2.24) is 0 Å². The number of hydrogen-bond acceptors (Lipinski definition) is 2. The van der Waals surface area contributed by atoms with E-state index in [1.807, 2.05) is 24.3 Å². The summed E-state index contributed by atoms with van der Waals surface area (Å²) in [6.45, 7) is 0.375. The van der Waals surface area contributed by atoms with E-state index in [4.69, 9.17) is 10.00 Å². The summed E-state index contributed by atoms with van der Waals surface area (Å²) in [7, 11) is 0. The van der Waals surface area contributed by atoms with Crippen molar-refractivity contribution >= 4 is 22.0 Å². The quantitative estimate of drug-likeness (QED) is 0.693. The summed E-state index contributed by atoms with van der Waals surface area (Å²) in [6, 6.07) is 7.84. The lowest BCUT2D eigenvalue weighted by atomic mass is 10.1. The highest BCUT2D eigenvalue weighted by atomic mass is 79.9. The molecule has 0 bridgehead atoms. The van der Waals surface area contributed by atoms with E-state index in [2.05, 4.69) is 22.0 Å². The molecule has 64 valence electrons. The van der Waals surface area contributed by atoms with Crippen molar-refractivity contribution in [1.29, 1.82) is 5.26 Å². The minimum atomic E-state index is 0.375. The maximum Gasteiger partial charge on any atom is 0.128 e. The predicted molar refractivity (Wildman–Crippen MR) is 53.2 cm³/mol. The Bertz CT molecular complexity index is 417. The molecule has 13 heavy (non-hydrogen) atoms. The van der Waals surface area contributed by atoms with Crippen molar-refractivity contribution in [2.24, 2.45) is 0 Å². The molecule has 0 fully saturated rings. The first-order chi connectivity index (χ1) is 6.29. The van der Waals surface area contributed by atoms with E-state index in [1.54, 1.807) is 0 Å². The molecule has 1 heterocycles. The van der Waals surface area contributed by atoms with E-state index in [-0.39, 0.29) is 0 Å². The monoisotopic (exact) mass is 235 g/mol. The number of nitrogens with zero attached hydrogens (tertiary/aromatic N) is 1. The third-order valence-electron chi connectivity index (χ3n) is 1.83. The maximum atomic E-state index is 8.66. The van der Waals surface area contributed by atoms with Crippen LogP contribution in [-0.4, -0.2) is 6.61 Å². The van der Waals surface area contributed by atoms with Crippen molar-refractivity contribution in [2.45, 2.75) is 0 Å². The fourth-order valence-electron chi connectivity index (χ4n) is 1.20. The molecule has 0 unspecified atom stereocenters. The van der Waals surface area contributed by atoms with Gasteiger partial charge in [0.2, 0.25) is 0 Å². The second-order valence-corrected chi connectivity index (χ2v) is 3.67. The summed E-state index contributed by atoms with van der Waals surface area (Å²) in [4.78, 5) is 0. The summed E-state index contributed by atoms with van der Waals surface area (Å²) >= 11 is 3.36. The van der Waals surface area contributed by atoms with Gasteiger partial charge in [-0.2, -0.15) is 5.26 Å². The Hall–Kier alpha value is -1.27. The zero-order valence-electron chi connectivity index (χ0n) is 6.75. The van der Waals surface area contributed by atoms with Gasteiger partial charge in [0.1, 0.15) is 12.4 Å². The molecule has 1 aliphatic rings. The molecule has 2 nitrogen and oxygen atoms in total. The number of rotatable bonds is 0. The van der Waals surface area contributed by atoms with Crippen LogP contribution in [0.2, 0.25) is 0 Å².